The SMILES string of the molecule is CC(C)CC(N)C(=O)N(C)Cc1cccnc1. The maximum absolute atomic E-state index is 12.0. The molecule has 1 atom stereocenters. The zero-order valence-electron chi connectivity index (χ0n) is 10.8. The molecule has 1 aromatic heterocycles. The minimum Gasteiger partial charge on any atom is -0.340 e. The van der Waals surface area contributed by atoms with E-state index >= 15 is 0 Å². The number of hydrogen-bond acceptors (Lipinski definition) is 3. The summed E-state index contributed by atoms with van der Waals surface area (Å²) < 4.78 is 0. The lowest BCUT2D eigenvalue weighted by atomic mass is 10.0. The molecule has 0 aromatic carbocycles. The molecule has 0 aliphatic heterocycles. The second kappa shape index (κ2) is 6.35. The number of nitrogens with two attached hydrogens (primary N) is 1. The predicted molar refractivity (Wildman–Crippen MR) is 68.1 cm³/mol. The quantitative estimate of drug-likeness (QED) is 0.839. The summed E-state index contributed by atoms with van der Waals surface area (Å²) in [5, 5.41) is 0. The summed E-state index contributed by atoms with van der Waals surface area (Å²) in [5.74, 6) is 0.420. The first-order valence-electron chi connectivity index (χ1n) is 5.90. The van der Waals surface area contributed by atoms with Gasteiger partial charge in [-0.25, -0.2) is 0 Å². The van der Waals surface area contributed by atoms with Crippen LogP contribution in [0.3, 0.4) is 0 Å². The third kappa shape index (κ3) is 4.53. The molecule has 0 bridgehead atoms. The van der Waals surface area contributed by atoms with Crippen LogP contribution in [0.15, 0.2) is 24.5 Å². The van der Waals surface area contributed by atoms with Gasteiger partial charge in [0.1, 0.15) is 0 Å². The molecule has 4 nitrogen and oxygen atoms in total. The second-order valence-corrected chi connectivity index (χ2v) is 4.79. The Balaban J connectivity index is 2.52. The molecular formula is C13H21N3O. The van der Waals surface area contributed by atoms with Crippen molar-refractivity contribution < 1.29 is 4.79 Å². The number of aromatic nitrogens is 1. The number of hydrogen-bond donors (Lipinski definition) is 1. The molecule has 17 heavy (non-hydrogen) atoms. The minimum atomic E-state index is -0.406. The maximum atomic E-state index is 12.0. The summed E-state index contributed by atoms with van der Waals surface area (Å²) >= 11 is 0. The molecule has 0 radical (unpaired) electrons. The van der Waals surface area contributed by atoms with Gasteiger partial charge in [0.25, 0.3) is 0 Å². The molecule has 0 saturated carbocycles. The van der Waals surface area contributed by atoms with E-state index in [1.165, 1.54) is 0 Å². The van der Waals surface area contributed by atoms with Crippen LogP contribution in [0.1, 0.15) is 25.8 Å². The number of amides is 1. The van der Waals surface area contributed by atoms with Crippen molar-refractivity contribution in [2.75, 3.05) is 7.05 Å². The highest BCUT2D eigenvalue weighted by Crippen LogP contribution is 2.07. The van der Waals surface area contributed by atoms with Crippen LogP contribution in [0.5, 0.6) is 0 Å². The smallest absolute Gasteiger partial charge is 0.239 e. The summed E-state index contributed by atoms with van der Waals surface area (Å²) in [4.78, 5) is 17.6. The van der Waals surface area contributed by atoms with Crippen LogP contribution in [0.25, 0.3) is 0 Å². The van der Waals surface area contributed by atoms with Gasteiger partial charge in [-0.05, 0) is 24.0 Å². The van der Waals surface area contributed by atoms with E-state index in [4.69, 9.17) is 5.73 Å². The summed E-state index contributed by atoms with van der Waals surface area (Å²) in [6.45, 7) is 4.68. The molecule has 1 heterocycles. The number of nitrogens with zero attached hydrogens (tertiary/aromatic N) is 2. The summed E-state index contributed by atoms with van der Waals surface area (Å²) in [7, 11) is 1.77. The Morgan fingerprint density at radius 1 is 1.53 bits per heavy atom. The lowest BCUT2D eigenvalue weighted by Gasteiger charge is -2.22. The van der Waals surface area contributed by atoms with Crippen molar-refractivity contribution in [3.05, 3.63) is 30.1 Å². The Labute approximate surface area is 103 Å². The fourth-order valence-corrected chi connectivity index (χ4v) is 1.74. The second-order valence-electron chi connectivity index (χ2n) is 4.79. The Hall–Kier alpha value is -1.42. The largest absolute Gasteiger partial charge is 0.340 e. The van der Waals surface area contributed by atoms with E-state index in [1.54, 1.807) is 24.3 Å². The van der Waals surface area contributed by atoms with Crippen LogP contribution in [-0.4, -0.2) is 28.9 Å². The van der Waals surface area contributed by atoms with Crippen LogP contribution in [0, 0.1) is 5.92 Å². The Kier molecular flexibility index (Phi) is 5.10. The lowest BCUT2D eigenvalue weighted by molar-refractivity contribution is -0.132. The Morgan fingerprint density at radius 2 is 2.24 bits per heavy atom. The summed E-state index contributed by atoms with van der Waals surface area (Å²) in [6, 6.07) is 3.41. The number of likely N-dealkylation sites (N-methyl/N-ethyl adjacent to an activating group) is 1. The van der Waals surface area contributed by atoms with E-state index < -0.39 is 6.04 Å². The van der Waals surface area contributed by atoms with Crippen molar-refractivity contribution in [2.45, 2.75) is 32.9 Å². The van der Waals surface area contributed by atoms with Gasteiger partial charge >= 0.3 is 0 Å². The summed E-state index contributed by atoms with van der Waals surface area (Å²) in [5.41, 5.74) is 6.88. The van der Waals surface area contributed by atoms with Gasteiger partial charge in [-0.1, -0.05) is 19.9 Å². The zero-order chi connectivity index (χ0) is 12.8. The monoisotopic (exact) mass is 235 g/mol. The molecule has 0 fully saturated rings. The van der Waals surface area contributed by atoms with Crippen molar-refractivity contribution >= 4 is 5.91 Å². The van der Waals surface area contributed by atoms with E-state index in [-0.39, 0.29) is 5.91 Å². The average Bonchev–Trinajstić information content (AvgIpc) is 2.28. The number of carbonyl (C=O) groups is 1. The number of pyridine rings is 1. The number of rotatable bonds is 5. The Bertz CT molecular complexity index is 351. The van der Waals surface area contributed by atoms with Crippen molar-refractivity contribution in [1.29, 1.82) is 0 Å². The average molecular weight is 235 g/mol. The number of carbonyl (C=O) groups excluding carboxylic acids is 1. The van der Waals surface area contributed by atoms with Gasteiger partial charge in [0.2, 0.25) is 5.91 Å². The molecule has 1 amide bonds. The first-order chi connectivity index (χ1) is 8.00. The fraction of sp³-hybridized carbons (Fsp3) is 0.538. The van der Waals surface area contributed by atoms with Crippen molar-refractivity contribution in [1.82, 2.24) is 9.88 Å². The zero-order valence-corrected chi connectivity index (χ0v) is 10.8. The van der Waals surface area contributed by atoms with Gasteiger partial charge in [0.15, 0.2) is 0 Å². The molecule has 0 saturated heterocycles. The lowest BCUT2D eigenvalue weighted by Crippen LogP contribution is -2.42. The molecule has 0 aliphatic rings. The van der Waals surface area contributed by atoms with Crippen LogP contribution in [0.2, 0.25) is 0 Å². The third-order valence-electron chi connectivity index (χ3n) is 2.56. The van der Waals surface area contributed by atoms with E-state index in [1.807, 2.05) is 12.1 Å². The minimum absolute atomic E-state index is 0.0115. The first kappa shape index (κ1) is 13.6. The van der Waals surface area contributed by atoms with Crippen LogP contribution < -0.4 is 5.73 Å². The highest BCUT2D eigenvalue weighted by Gasteiger charge is 2.18. The normalized spacial score (nSPS) is 12.5. The van der Waals surface area contributed by atoms with E-state index in [0.717, 1.165) is 12.0 Å². The topological polar surface area (TPSA) is 59.2 Å². The van der Waals surface area contributed by atoms with Gasteiger partial charge in [-0.15, -0.1) is 0 Å². The van der Waals surface area contributed by atoms with Crippen LogP contribution in [-0.2, 0) is 11.3 Å². The summed E-state index contributed by atoms with van der Waals surface area (Å²) in [6.07, 6.45) is 4.20. The Morgan fingerprint density at radius 3 is 2.76 bits per heavy atom. The van der Waals surface area contributed by atoms with Crippen molar-refractivity contribution in [2.24, 2.45) is 11.7 Å². The molecule has 1 rings (SSSR count). The third-order valence-corrected chi connectivity index (χ3v) is 2.56. The molecule has 0 spiro atoms. The van der Waals surface area contributed by atoms with Crippen LogP contribution in [0.4, 0.5) is 0 Å². The van der Waals surface area contributed by atoms with Gasteiger partial charge in [-0.2, -0.15) is 0 Å². The highest BCUT2D eigenvalue weighted by atomic mass is 16.2. The molecule has 2 N–H and O–H groups in total. The van der Waals surface area contributed by atoms with Gasteiger partial charge in [0, 0.05) is 26.0 Å². The van der Waals surface area contributed by atoms with Crippen molar-refractivity contribution in [3.63, 3.8) is 0 Å². The van der Waals surface area contributed by atoms with Gasteiger partial charge in [-0.3, -0.25) is 9.78 Å². The standard InChI is InChI=1S/C13H21N3O/c1-10(2)7-12(14)13(17)16(3)9-11-5-4-6-15-8-11/h4-6,8,10,12H,7,9,14H2,1-3H3. The van der Waals surface area contributed by atoms with Crippen molar-refractivity contribution in [3.8, 4) is 0 Å². The molecule has 4 heteroatoms. The van der Waals surface area contributed by atoms with E-state index in [2.05, 4.69) is 18.8 Å². The highest BCUT2D eigenvalue weighted by molar-refractivity contribution is 5.81. The molecular weight excluding hydrogens is 214 g/mol. The molecule has 1 aromatic rings. The van der Waals surface area contributed by atoms with Gasteiger partial charge in [0.05, 0.1) is 6.04 Å². The van der Waals surface area contributed by atoms with Gasteiger partial charge < -0.3 is 10.6 Å². The van der Waals surface area contributed by atoms with E-state index in [0.29, 0.717) is 12.5 Å². The molecule has 1 unspecified atom stereocenters. The molecule has 0 aliphatic carbocycles. The predicted octanol–water partition coefficient (Wildman–Crippen LogP) is 1.41. The van der Waals surface area contributed by atoms with Crippen LogP contribution >= 0.6 is 0 Å². The maximum Gasteiger partial charge on any atom is 0.239 e. The first-order valence-corrected chi connectivity index (χ1v) is 5.90. The fourth-order valence-electron chi connectivity index (χ4n) is 1.74. The molecule has 94 valence electrons. The van der Waals surface area contributed by atoms with E-state index in [9.17, 15) is 4.79 Å².